The molecule has 1 heterocycles. The number of hydrogen-bond acceptors (Lipinski definition) is 3. The number of Topliss-reactive ketones (excluding diaryl/α,β-unsaturated/α-hetero) is 1. The highest BCUT2D eigenvalue weighted by molar-refractivity contribution is 5.96. The van der Waals surface area contributed by atoms with E-state index in [-0.39, 0.29) is 5.78 Å². The maximum absolute atomic E-state index is 12.2. The number of carbonyl (C=O) groups excluding carboxylic acids is 1. The van der Waals surface area contributed by atoms with Crippen molar-refractivity contribution in [3.05, 3.63) is 54.1 Å². The fourth-order valence-electron chi connectivity index (χ4n) is 1.86. The highest BCUT2D eigenvalue weighted by atomic mass is 16.3. The third kappa shape index (κ3) is 2.49. The smallest absolute Gasteiger partial charge is 0.231 e. The fraction of sp³-hybridized carbons (Fsp3) is 0.286. The number of rotatable bonds is 5. The van der Waals surface area contributed by atoms with Crippen LogP contribution in [0.1, 0.15) is 35.6 Å². The molecule has 1 aromatic carbocycles. The molecule has 18 heavy (non-hydrogen) atoms. The molecule has 0 spiro atoms. The lowest BCUT2D eigenvalue weighted by molar-refractivity contribution is 0.0731. The van der Waals surface area contributed by atoms with Gasteiger partial charge in [-0.25, -0.2) is 4.98 Å². The van der Waals surface area contributed by atoms with Crippen molar-refractivity contribution in [3.8, 4) is 0 Å². The summed E-state index contributed by atoms with van der Waals surface area (Å²) in [6.45, 7) is 2.75. The topological polar surface area (TPSA) is 55.1 Å². The van der Waals surface area contributed by atoms with Crippen LogP contribution < -0.4 is 0 Å². The van der Waals surface area contributed by atoms with E-state index >= 15 is 0 Å². The first kappa shape index (κ1) is 12.5. The van der Waals surface area contributed by atoms with Crippen LogP contribution in [0, 0.1) is 0 Å². The Morgan fingerprint density at radius 2 is 2.11 bits per heavy atom. The van der Waals surface area contributed by atoms with Crippen LogP contribution >= 0.6 is 0 Å². The summed E-state index contributed by atoms with van der Waals surface area (Å²) in [6, 6.07) is 8.90. The van der Waals surface area contributed by atoms with Gasteiger partial charge in [0.05, 0.1) is 0 Å². The van der Waals surface area contributed by atoms with Crippen molar-refractivity contribution in [1.82, 2.24) is 9.55 Å². The Bertz CT molecular complexity index is 520. The summed E-state index contributed by atoms with van der Waals surface area (Å²) in [5.74, 6) is -0.0483. The Balaban J connectivity index is 2.23. The number of nitrogens with zero attached hydrogens (tertiary/aromatic N) is 2. The molecule has 4 heteroatoms. The van der Waals surface area contributed by atoms with Crippen LogP contribution in [0.5, 0.6) is 0 Å². The molecule has 0 saturated heterocycles. The van der Waals surface area contributed by atoms with Gasteiger partial charge in [0.25, 0.3) is 0 Å². The highest BCUT2D eigenvalue weighted by Gasteiger charge is 2.22. The van der Waals surface area contributed by atoms with Crippen molar-refractivity contribution in [1.29, 1.82) is 0 Å². The van der Waals surface area contributed by atoms with Crippen molar-refractivity contribution >= 4 is 5.78 Å². The fourth-order valence-corrected chi connectivity index (χ4v) is 1.86. The van der Waals surface area contributed by atoms with Gasteiger partial charge in [0.1, 0.15) is 6.10 Å². The number of hydrogen-bond donors (Lipinski definition) is 1. The summed E-state index contributed by atoms with van der Waals surface area (Å²) in [5.41, 5.74) is 0.591. The minimum absolute atomic E-state index is 0.313. The second-order valence-electron chi connectivity index (χ2n) is 4.12. The minimum atomic E-state index is -1.15. The Hall–Kier alpha value is -1.94. The van der Waals surface area contributed by atoms with Crippen LogP contribution in [-0.2, 0) is 6.54 Å². The van der Waals surface area contributed by atoms with E-state index in [0.29, 0.717) is 11.4 Å². The Kier molecular flexibility index (Phi) is 3.89. The van der Waals surface area contributed by atoms with Gasteiger partial charge in [0.15, 0.2) is 5.82 Å². The average molecular weight is 244 g/mol. The van der Waals surface area contributed by atoms with E-state index in [4.69, 9.17) is 0 Å². The molecule has 1 aromatic heterocycles. The summed E-state index contributed by atoms with van der Waals surface area (Å²) in [5, 5.41) is 10.1. The molecule has 4 nitrogen and oxygen atoms in total. The van der Waals surface area contributed by atoms with E-state index < -0.39 is 6.10 Å². The molecule has 0 aliphatic carbocycles. The molecule has 1 unspecified atom stereocenters. The predicted molar refractivity (Wildman–Crippen MR) is 68.3 cm³/mol. The van der Waals surface area contributed by atoms with Gasteiger partial charge in [-0.3, -0.25) is 4.79 Å². The summed E-state index contributed by atoms with van der Waals surface area (Å²) in [6.07, 6.45) is 3.11. The van der Waals surface area contributed by atoms with Crippen LogP contribution in [0.15, 0.2) is 42.7 Å². The lowest BCUT2D eigenvalue weighted by atomic mass is 10.1. The number of carbonyl (C=O) groups is 1. The van der Waals surface area contributed by atoms with Gasteiger partial charge in [-0.1, -0.05) is 37.3 Å². The summed E-state index contributed by atoms with van der Waals surface area (Å²) in [4.78, 5) is 16.2. The van der Waals surface area contributed by atoms with Gasteiger partial charge in [0, 0.05) is 18.9 Å². The van der Waals surface area contributed by atoms with E-state index in [1.807, 2.05) is 13.0 Å². The number of ketones is 1. The SMILES string of the molecule is CCCn1ccnc1C(=O)C(O)c1ccccc1. The average Bonchev–Trinajstić information content (AvgIpc) is 2.87. The molecule has 0 radical (unpaired) electrons. The van der Waals surface area contributed by atoms with Crippen LogP contribution in [0.3, 0.4) is 0 Å². The second-order valence-corrected chi connectivity index (χ2v) is 4.12. The number of aliphatic hydroxyl groups is 1. The standard InChI is InChI=1S/C14H16N2O2/c1-2-9-16-10-8-15-14(16)13(18)12(17)11-6-4-3-5-7-11/h3-8,10,12,17H,2,9H2,1H3. The maximum atomic E-state index is 12.2. The molecule has 0 aliphatic rings. The number of aromatic nitrogens is 2. The molecular weight excluding hydrogens is 228 g/mol. The van der Waals surface area contributed by atoms with Gasteiger partial charge in [-0.05, 0) is 12.0 Å². The van der Waals surface area contributed by atoms with E-state index in [0.717, 1.165) is 13.0 Å². The zero-order valence-electron chi connectivity index (χ0n) is 10.3. The van der Waals surface area contributed by atoms with Crippen molar-refractivity contribution in [3.63, 3.8) is 0 Å². The lowest BCUT2D eigenvalue weighted by Gasteiger charge is -2.11. The molecule has 0 fully saturated rings. The third-order valence-electron chi connectivity index (χ3n) is 2.76. The van der Waals surface area contributed by atoms with Gasteiger partial charge < -0.3 is 9.67 Å². The van der Waals surface area contributed by atoms with Crippen molar-refractivity contribution in [2.75, 3.05) is 0 Å². The van der Waals surface area contributed by atoms with Crippen LogP contribution in [-0.4, -0.2) is 20.4 Å². The van der Waals surface area contributed by atoms with Gasteiger partial charge >= 0.3 is 0 Å². The highest BCUT2D eigenvalue weighted by Crippen LogP contribution is 2.17. The largest absolute Gasteiger partial charge is 0.380 e. The summed E-state index contributed by atoms with van der Waals surface area (Å²) < 4.78 is 1.77. The monoisotopic (exact) mass is 244 g/mol. The molecule has 0 bridgehead atoms. The van der Waals surface area contributed by atoms with Gasteiger partial charge in [0.2, 0.25) is 5.78 Å². The van der Waals surface area contributed by atoms with Gasteiger partial charge in [-0.2, -0.15) is 0 Å². The molecule has 0 aliphatic heterocycles. The van der Waals surface area contributed by atoms with Crippen LogP contribution in [0.2, 0.25) is 0 Å². The lowest BCUT2D eigenvalue weighted by Crippen LogP contribution is -2.17. The van der Waals surface area contributed by atoms with E-state index in [1.54, 1.807) is 41.2 Å². The Labute approximate surface area is 106 Å². The first-order valence-corrected chi connectivity index (χ1v) is 6.02. The molecule has 2 rings (SSSR count). The molecule has 0 saturated carbocycles. The zero-order valence-corrected chi connectivity index (χ0v) is 10.3. The quantitative estimate of drug-likeness (QED) is 0.820. The molecule has 94 valence electrons. The molecule has 0 amide bonds. The number of aliphatic hydroxyl groups excluding tert-OH is 1. The molecular formula is C14H16N2O2. The minimum Gasteiger partial charge on any atom is -0.380 e. The number of benzene rings is 1. The Morgan fingerprint density at radius 3 is 2.78 bits per heavy atom. The van der Waals surface area contributed by atoms with Crippen molar-refractivity contribution < 1.29 is 9.90 Å². The molecule has 1 N–H and O–H groups in total. The zero-order chi connectivity index (χ0) is 13.0. The van der Waals surface area contributed by atoms with Crippen LogP contribution in [0.4, 0.5) is 0 Å². The van der Waals surface area contributed by atoms with Crippen molar-refractivity contribution in [2.45, 2.75) is 26.0 Å². The van der Waals surface area contributed by atoms with Crippen LogP contribution in [0.25, 0.3) is 0 Å². The normalized spacial score (nSPS) is 12.3. The summed E-state index contributed by atoms with van der Waals surface area (Å²) >= 11 is 0. The molecule has 2 aromatic rings. The van der Waals surface area contributed by atoms with E-state index in [1.165, 1.54) is 0 Å². The third-order valence-corrected chi connectivity index (χ3v) is 2.76. The van der Waals surface area contributed by atoms with E-state index in [2.05, 4.69) is 4.98 Å². The van der Waals surface area contributed by atoms with Gasteiger partial charge in [-0.15, -0.1) is 0 Å². The first-order valence-electron chi connectivity index (χ1n) is 6.02. The van der Waals surface area contributed by atoms with E-state index in [9.17, 15) is 9.90 Å². The summed E-state index contributed by atoms with van der Waals surface area (Å²) in [7, 11) is 0. The second kappa shape index (κ2) is 5.60. The Morgan fingerprint density at radius 1 is 1.39 bits per heavy atom. The van der Waals surface area contributed by atoms with Crippen molar-refractivity contribution in [2.24, 2.45) is 0 Å². The number of aryl methyl sites for hydroxylation is 1. The predicted octanol–water partition coefficient (Wildman–Crippen LogP) is 2.21. The maximum Gasteiger partial charge on any atom is 0.231 e. The number of imidazole rings is 1. The first-order chi connectivity index (χ1) is 8.74. The molecule has 1 atom stereocenters.